The lowest BCUT2D eigenvalue weighted by atomic mass is 9.82. The monoisotopic (exact) mass is 445 g/mol. The molecule has 2 N–H and O–H groups in total. The van der Waals surface area contributed by atoms with E-state index in [1.807, 2.05) is 25.1 Å². The number of ether oxygens (including phenoxy) is 1. The number of carbonyl (C=O) groups excluding carboxylic acids is 2. The molecule has 1 heterocycles. The number of hydrogen-bond acceptors (Lipinski definition) is 5. The van der Waals surface area contributed by atoms with E-state index in [-0.39, 0.29) is 23.3 Å². The Morgan fingerprint density at radius 2 is 1.90 bits per heavy atom. The molecule has 156 valence electrons. The number of esters is 1. The van der Waals surface area contributed by atoms with Gasteiger partial charge in [-0.05, 0) is 42.9 Å². The molecule has 1 aromatic carbocycles. The molecule has 1 amide bonds. The Morgan fingerprint density at radius 3 is 2.53 bits per heavy atom. The highest BCUT2D eigenvalue weighted by molar-refractivity contribution is 7.17. The first-order valence-electron chi connectivity index (χ1n) is 9.51. The van der Waals surface area contributed by atoms with Crippen LogP contribution in [0.4, 0.5) is 5.00 Å². The normalized spacial score (nSPS) is 24.1. The smallest absolute Gasteiger partial charge is 0.341 e. The van der Waals surface area contributed by atoms with E-state index in [0.717, 1.165) is 10.4 Å². The average Bonchev–Trinajstić information content (AvgIpc) is 3.40. The van der Waals surface area contributed by atoms with Crippen molar-refractivity contribution in [1.82, 2.24) is 0 Å². The summed E-state index contributed by atoms with van der Waals surface area (Å²) in [5.41, 5.74) is 1.64. The van der Waals surface area contributed by atoms with Crippen LogP contribution >= 0.6 is 22.9 Å². The summed E-state index contributed by atoms with van der Waals surface area (Å²) in [6.45, 7) is 1.85. The highest BCUT2D eigenvalue weighted by Gasteiger charge is 2.51. The van der Waals surface area contributed by atoms with E-state index in [0.29, 0.717) is 22.0 Å². The average molecular weight is 446 g/mol. The quantitative estimate of drug-likeness (QED) is 0.517. The van der Waals surface area contributed by atoms with Crippen LogP contribution in [0.5, 0.6) is 0 Å². The van der Waals surface area contributed by atoms with E-state index < -0.39 is 23.8 Å². The number of aryl methyl sites for hydroxylation is 1. The number of aliphatic carboxylic acids is 1. The molecule has 0 radical (unpaired) electrons. The minimum atomic E-state index is -0.970. The van der Waals surface area contributed by atoms with Crippen molar-refractivity contribution < 1.29 is 24.2 Å². The summed E-state index contributed by atoms with van der Waals surface area (Å²) in [7, 11) is 1.28. The maximum absolute atomic E-state index is 13.1. The molecule has 2 aromatic rings. The van der Waals surface area contributed by atoms with Crippen LogP contribution in [0, 0.1) is 30.6 Å². The van der Waals surface area contributed by atoms with Crippen LogP contribution < -0.4 is 5.32 Å². The van der Waals surface area contributed by atoms with E-state index in [9.17, 15) is 19.5 Å². The molecule has 30 heavy (non-hydrogen) atoms. The number of benzene rings is 1. The van der Waals surface area contributed by atoms with Crippen molar-refractivity contribution in [2.45, 2.75) is 13.3 Å². The van der Waals surface area contributed by atoms with Gasteiger partial charge in [-0.1, -0.05) is 35.9 Å². The summed E-state index contributed by atoms with van der Waals surface area (Å²) in [5.74, 6) is -3.59. The number of carbonyl (C=O) groups is 3. The van der Waals surface area contributed by atoms with Crippen LogP contribution in [0.3, 0.4) is 0 Å². The molecule has 1 saturated carbocycles. The number of allylic oxidation sites excluding steroid dienone is 2. The van der Waals surface area contributed by atoms with Gasteiger partial charge in [0.1, 0.15) is 10.6 Å². The molecule has 4 rings (SSSR count). The fourth-order valence-electron chi connectivity index (χ4n) is 4.63. The fraction of sp³-hybridized carbons (Fsp3) is 0.318. The molecule has 0 spiro atoms. The molecule has 2 bridgehead atoms. The Hall–Kier alpha value is -2.64. The van der Waals surface area contributed by atoms with E-state index in [1.165, 1.54) is 18.4 Å². The number of rotatable bonds is 5. The Labute approximate surface area is 182 Å². The molecular formula is C22H20ClNO5S. The highest BCUT2D eigenvalue weighted by atomic mass is 35.5. The first kappa shape index (κ1) is 20.6. The van der Waals surface area contributed by atoms with Crippen LogP contribution in [0.25, 0.3) is 11.1 Å². The van der Waals surface area contributed by atoms with E-state index in [1.54, 1.807) is 18.2 Å². The third-order valence-corrected chi connectivity index (χ3v) is 7.13. The SMILES string of the molecule is COC(=O)c1c(NC(=O)[C@@H]2[C@@H](C(=O)O)[C@H]3C=C[C@H]2C3)sc(C)c1-c1cccc(Cl)c1. The van der Waals surface area contributed by atoms with Gasteiger partial charge in [-0.15, -0.1) is 11.3 Å². The molecule has 6 nitrogen and oxygen atoms in total. The standard InChI is InChI=1S/C22H20ClNO5S/c1-10-15(11-4-3-5-14(23)9-11)18(22(28)29-2)20(30-10)24-19(25)16-12-6-7-13(8-12)17(16)21(26)27/h3-7,9,12-13,16-17H,8H2,1-2H3,(H,24,25)(H,26,27)/t12-,13-,16-,17-/m0/s1. The number of anilines is 1. The van der Waals surface area contributed by atoms with Crippen LogP contribution in [0.2, 0.25) is 5.02 Å². The minimum Gasteiger partial charge on any atom is -0.481 e. The van der Waals surface area contributed by atoms with Crippen molar-refractivity contribution in [2.24, 2.45) is 23.7 Å². The number of halogens is 1. The third-order valence-electron chi connectivity index (χ3n) is 5.87. The van der Waals surface area contributed by atoms with E-state index in [4.69, 9.17) is 16.3 Å². The fourth-order valence-corrected chi connectivity index (χ4v) is 5.89. The molecule has 8 heteroatoms. The van der Waals surface area contributed by atoms with Gasteiger partial charge in [0.25, 0.3) is 0 Å². The lowest BCUT2D eigenvalue weighted by Crippen LogP contribution is -2.36. The lowest BCUT2D eigenvalue weighted by Gasteiger charge is -2.23. The molecule has 1 fully saturated rings. The predicted molar refractivity (Wildman–Crippen MR) is 115 cm³/mol. The number of carboxylic acid groups (broad SMARTS) is 1. The number of hydrogen-bond donors (Lipinski definition) is 2. The molecule has 2 aliphatic rings. The van der Waals surface area contributed by atoms with Crippen molar-refractivity contribution >= 4 is 45.8 Å². The summed E-state index contributed by atoms with van der Waals surface area (Å²) >= 11 is 7.39. The van der Waals surface area contributed by atoms with Gasteiger partial charge in [-0.25, -0.2) is 4.79 Å². The molecule has 0 saturated heterocycles. The number of thiophene rings is 1. The van der Waals surface area contributed by atoms with Gasteiger partial charge in [0, 0.05) is 15.5 Å². The molecule has 0 unspecified atom stereocenters. The minimum absolute atomic E-state index is 0.105. The highest BCUT2D eigenvalue weighted by Crippen LogP contribution is 2.49. The topological polar surface area (TPSA) is 92.7 Å². The summed E-state index contributed by atoms with van der Waals surface area (Å²) in [4.78, 5) is 38.3. The van der Waals surface area contributed by atoms with Gasteiger partial charge in [0.05, 0.1) is 18.9 Å². The van der Waals surface area contributed by atoms with Gasteiger partial charge in [0.2, 0.25) is 5.91 Å². The number of amides is 1. The number of methoxy groups -OCH3 is 1. The Morgan fingerprint density at radius 1 is 1.20 bits per heavy atom. The first-order chi connectivity index (χ1) is 14.3. The van der Waals surface area contributed by atoms with Gasteiger partial charge in [-0.3, -0.25) is 9.59 Å². The summed E-state index contributed by atoms with van der Waals surface area (Å²) in [6.07, 6.45) is 4.47. The number of carboxylic acids is 1. The number of nitrogens with one attached hydrogen (secondary N) is 1. The molecule has 0 aliphatic heterocycles. The van der Waals surface area contributed by atoms with E-state index in [2.05, 4.69) is 5.32 Å². The summed E-state index contributed by atoms with van der Waals surface area (Å²) < 4.78 is 4.98. The second kappa shape index (κ2) is 7.89. The zero-order valence-electron chi connectivity index (χ0n) is 16.3. The van der Waals surface area contributed by atoms with Gasteiger partial charge >= 0.3 is 11.9 Å². The summed E-state index contributed by atoms with van der Waals surface area (Å²) in [6, 6.07) is 7.10. The van der Waals surface area contributed by atoms with E-state index >= 15 is 0 Å². The molecular weight excluding hydrogens is 426 g/mol. The zero-order chi connectivity index (χ0) is 21.6. The van der Waals surface area contributed by atoms with Crippen LogP contribution in [-0.2, 0) is 14.3 Å². The maximum atomic E-state index is 13.1. The molecule has 2 aliphatic carbocycles. The largest absolute Gasteiger partial charge is 0.481 e. The van der Waals surface area contributed by atoms with Crippen molar-refractivity contribution in [2.75, 3.05) is 12.4 Å². The maximum Gasteiger partial charge on any atom is 0.341 e. The lowest BCUT2D eigenvalue weighted by molar-refractivity contribution is -0.146. The Bertz CT molecular complexity index is 1080. The zero-order valence-corrected chi connectivity index (χ0v) is 17.9. The molecule has 4 atom stereocenters. The molecule has 1 aromatic heterocycles. The second-order valence-corrected chi connectivity index (χ2v) is 9.23. The van der Waals surface area contributed by atoms with Gasteiger partial charge in [-0.2, -0.15) is 0 Å². The van der Waals surface area contributed by atoms with Crippen molar-refractivity contribution in [1.29, 1.82) is 0 Å². The first-order valence-corrected chi connectivity index (χ1v) is 10.7. The van der Waals surface area contributed by atoms with Crippen molar-refractivity contribution in [3.63, 3.8) is 0 Å². The van der Waals surface area contributed by atoms with Crippen molar-refractivity contribution in [3.8, 4) is 11.1 Å². The third kappa shape index (κ3) is 3.42. The van der Waals surface area contributed by atoms with Crippen LogP contribution in [0.1, 0.15) is 21.7 Å². The Kier molecular flexibility index (Phi) is 5.42. The Balaban J connectivity index is 1.72. The number of fused-ring (bicyclic) bond motifs is 2. The van der Waals surface area contributed by atoms with Crippen molar-refractivity contribution in [3.05, 3.63) is 51.9 Å². The van der Waals surface area contributed by atoms with Crippen LogP contribution in [-0.4, -0.2) is 30.1 Å². The van der Waals surface area contributed by atoms with Crippen LogP contribution in [0.15, 0.2) is 36.4 Å². The second-order valence-electron chi connectivity index (χ2n) is 7.57. The van der Waals surface area contributed by atoms with Gasteiger partial charge < -0.3 is 15.2 Å². The van der Waals surface area contributed by atoms with Gasteiger partial charge in [0.15, 0.2) is 0 Å². The summed E-state index contributed by atoms with van der Waals surface area (Å²) in [5, 5.41) is 13.3. The predicted octanol–water partition coefficient (Wildman–Crippen LogP) is 4.62.